The summed E-state index contributed by atoms with van der Waals surface area (Å²) in [7, 11) is 0. The van der Waals surface area contributed by atoms with Gasteiger partial charge in [-0.25, -0.2) is 0 Å². The third kappa shape index (κ3) is 6.37. The van der Waals surface area contributed by atoms with Crippen LogP contribution in [0.2, 0.25) is 0 Å². The fourth-order valence-electron chi connectivity index (χ4n) is 4.84. The number of unbranched alkanes of at least 4 members (excludes halogenated alkanes) is 2. The summed E-state index contributed by atoms with van der Waals surface area (Å²) in [6.45, 7) is 17.9. The summed E-state index contributed by atoms with van der Waals surface area (Å²) < 4.78 is 0. The molecule has 150 valence electrons. The predicted molar refractivity (Wildman–Crippen MR) is 121 cm³/mol. The molecule has 1 aromatic carbocycles. The van der Waals surface area contributed by atoms with E-state index in [9.17, 15) is 0 Å². The summed E-state index contributed by atoms with van der Waals surface area (Å²) in [4.78, 5) is 0. The molecular formula is C27H42. The number of hydrogen-bond acceptors (Lipinski definition) is 0. The molecule has 0 saturated heterocycles. The second-order valence-electron chi connectivity index (χ2n) is 9.04. The van der Waals surface area contributed by atoms with Crippen LogP contribution < -0.4 is 0 Å². The van der Waals surface area contributed by atoms with E-state index in [0.29, 0.717) is 11.8 Å². The highest BCUT2D eigenvalue weighted by molar-refractivity contribution is 5.31. The average Bonchev–Trinajstić information content (AvgIpc) is 2.84. The summed E-state index contributed by atoms with van der Waals surface area (Å²) in [6, 6.07) is 6.99. The molecule has 0 radical (unpaired) electrons. The van der Waals surface area contributed by atoms with Gasteiger partial charge in [0, 0.05) is 5.92 Å². The van der Waals surface area contributed by atoms with Gasteiger partial charge in [0.05, 0.1) is 0 Å². The van der Waals surface area contributed by atoms with Gasteiger partial charge in [-0.3, -0.25) is 0 Å². The summed E-state index contributed by atoms with van der Waals surface area (Å²) in [6.07, 6.45) is 13.2. The first-order valence-electron chi connectivity index (χ1n) is 11.4. The lowest BCUT2D eigenvalue weighted by Gasteiger charge is -2.28. The Morgan fingerprint density at radius 3 is 2.59 bits per heavy atom. The Hall–Kier alpha value is -1.30. The van der Waals surface area contributed by atoms with E-state index in [1.165, 1.54) is 85.6 Å². The van der Waals surface area contributed by atoms with Crippen LogP contribution in [0.4, 0.5) is 0 Å². The lowest BCUT2D eigenvalue weighted by Crippen LogP contribution is -2.17. The van der Waals surface area contributed by atoms with Crippen LogP contribution in [-0.4, -0.2) is 0 Å². The Morgan fingerprint density at radius 1 is 1.11 bits per heavy atom. The molecule has 0 N–H and O–H groups in total. The Balaban J connectivity index is 1.78. The second kappa shape index (κ2) is 10.9. The molecule has 2 rings (SSSR count). The molecule has 3 atom stereocenters. The van der Waals surface area contributed by atoms with E-state index in [1.807, 2.05) is 0 Å². The van der Waals surface area contributed by atoms with Crippen molar-refractivity contribution < 1.29 is 0 Å². The maximum atomic E-state index is 4.43. The SMILES string of the molecule is C=C(CC)C1C(=C)CCCCC1CCCCCC(C)c1ccc(C)c(C)c1. The second-order valence-corrected chi connectivity index (χ2v) is 9.04. The molecule has 0 nitrogen and oxygen atoms in total. The summed E-state index contributed by atoms with van der Waals surface area (Å²) in [5.41, 5.74) is 7.23. The Kier molecular flexibility index (Phi) is 8.87. The molecule has 0 heteroatoms. The normalized spacial score (nSPS) is 21.7. The number of hydrogen-bond donors (Lipinski definition) is 0. The van der Waals surface area contributed by atoms with Gasteiger partial charge in [0.2, 0.25) is 0 Å². The minimum Gasteiger partial charge on any atom is -0.0993 e. The van der Waals surface area contributed by atoms with Crippen LogP contribution in [-0.2, 0) is 0 Å². The van der Waals surface area contributed by atoms with E-state index < -0.39 is 0 Å². The van der Waals surface area contributed by atoms with Crippen molar-refractivity contribution >= 4 is 0 Å². The molecule has 1 aromatic rings. The first-order chi connectivity index (χ1) is 12.9. The molecule has 0 spiro atoms. The highest BCUT2D eigenvalue weighted by Gasteiger charge is 2.27. The zero-order valence-electron chi connectivity index (χ0n) is 18.4. The molecule has 0 heterocycles. The summed E-state index contributed by atoms with van der Waals surface area (Å²) in [5, 5.41) is 0. The standard InChI is InChI=1S/C27H42/c1-7-20(2)27-23(5)14-11-12-16-25(27)15-10-8-9-13-22(4)26-18-17-21(3)24(6)19-26/h17-19,22,25,27H,2,5,7-16H2,1,3-4,6H3. The molecule has 1 fully saturated rings. The molecule has 3 unspecified atom stereocenters. The molecule has 1 aliphatic carbocycles. The predicted octanol–water partition coefficient (Wildman–Crippen LogP) is 8.69. The van der Waals surface area contributed by atoms with Crippen LogP contribution in [0.3, 0.4) is 0 Å². The fraction of sp³-hybridized carbons (Fsp3) is 0.630. The minimum absolute atomic E-state index is 0.590. The van der Waals surface area contributed by atoms with Crippen LogP contribution in [0.15, 0.2) is 42.5 Å². The largest absolute Gasteiger partial charge is 0.0993 e. The maximum absolute atomic E-state index is 4.43. The van der Waals surface area contributed by atoms with Gasteiger partial charge in [0.1, 0.15) is 0 Å². The number of aryl methyl sites for hydroxylation is 2. The van der Waals surface area contributed by atoms with Crippen molar-refractivity contribution in [3.05, 3.63) is 59.2 Å². The molecule has 1 aliphatic rings. The first kappa shape index (κ1) is 22.0. The van der Waals surface area contributed by atoms with Crippen molar-refractivity contribution in [3.8, 4) is 0 Å². The van der Waals surface area contributed by atoms with Crippen LogP contribution in [0.1, 0.15) is 101 Å². The topological polar surface area (TPSA) is 0 Å². The van der Waals surface area contributed by atoms with E-state index in [4.69, 9.17) is 0 Å². The van der Waals surface area contributed by atoms with Gasteiger partial charge in [-0.05, 0) is 80.9 Å². The Morgan fingerprint density at radius 2 is 1.89 bits per heavy atom. The van der Waals surface area contributed by atoms with Crippen molar-refractivity contribution in [3.63, 3.8) is 0 Å². The average molecular weight is 367 g/mol. The molecular weight excluding hydrogens is 324 g/mol. The number of allylic oxidation sites excluding steroid dienone is 2. The highest BCUT2D eigenvalue weighted by atomic mass is 14.3. The molecule has 0 aromatic heterocycles. The van der Waals surface area contributed by atoms with E-state index in [2.05, 4.69) is 59.1 Å². The Labute approximate surface area is 169 Å². The monoisotopic (exact) mass is 366 g/mol. The fourth-order valence-corrected chi connectivity index (χ4v) is 4.84. The van der Waals surface area contributed by atoms with Gasteiger partial charge in [-0.15, -0.1) is 0 Å². The number of rotatable bonds is 9. The maximum Gasteiger partial charge on any atom is 0.00297 e. The van der Waals surface area contributed by atoms with E-state index in [1.54, 1.807) is 0 Å². The highest BCUT2D eigenvalue weighted by Crippen LogP contribution is 2.40. The lowest BCUT2D eigenvalue weighted by atomic mass is 9.77. The first-order valence-corrected chi connectivity index (χ1v) is 11.4. The van der Waals surface area contributed by atoms with Crippen molar-refractivity contribution in [2.75, 3.05) is 0 Å². The minimum atomic E-state index is 0.590. The van der Waals surface area contributed by atoms with E-state index in [0.717, 1.165) is 12.3 Å². The quantitative estimate of drug-likeness (QED) is 0.233. The van der Waals surface area contributed by atoms with Crippen LogP contribution in [0.25, 0.3) is 0 Å². The Bertz CT molecular complexity index is 621. The van der Waals surface area contributed by atoms with Gasteiger partial charge >= 0.3 is 0 Å². The summed E-state index contributed by atoms with van der Waals surface area (Å²) >= 11 is 0. The van der Waals surface area contributed by atoms with Gasteiger partial charge in [0.25, 0.3) is 0 Å². The van der Waals surface area contributed by atoms with E-state index >= 15 is 0 Å². The van der Waals surface area contributed by atoms with Crippen LogP contribution in [0.5, 0.6) is 0 Å². The lowest BCUT2D eigenvalue weighted by molar-refractivity contribution is 0.354. The smallest absolute Gasteiger partial charge is 0.00297 e. The van der Waals surface area contributed by atoms with Gasteiger partial charge < -0.3 is 0 Å². The van der Waals surface area contributed by atoms with Gasteiger partial charge in [-0.1, -0.05) is 82.0 Å². The van der Waals surface area contributed by atoms with E-state index in [-0.39, 0.29) is 0 Å². The molecule has 1 saturated carbocycles. The van der Waals surface area contributed by atoms with Crippen LogP contribution >= 0.6 is 0 Å². The third-order valence-electron chi connectivity index (χ3n) is 6.94. The van der Waals surface area contributed by atoms with Crippen molar-refractivity contribution in [1.29, 1.82) is 0 Å². The summed E-state index contributed by atoms with van der Waals surface area (Å²) in [5.74, 6) is 2.06. The zero-order chi connectivity index (χ0) is 19.8. The third-order valence-corrected chi connectivity index (χ3v) is 6.94. The zero-order valence-corrected chi connectivity index (χ0v) is 18.4. The molecule has 0 aliphatic heterocycles. The van der Waals surface area contributed by atoms with Crippen molar-refractivity contribution in [1.82, 2.24) is 0 Å². The number of benzene rings is 1. The van der Waals surface area contributed by atoms with Gasteiger partial charge in [0.15, 0.2) is 0 Å². The van der Waals surface area contributed by atoms with Gasteiger partial charge in [-0.2, -0.15) is 0 Å². The molecule has 0 bridgehead atoms. The van der Waals surface area contributed by atoms with Crippen molar-refractivity contribution in [2.45, 2.75) is 97.8 Å². The van der Waals surface area contributed by atoms with Crippen molar-refractivity contribution in [2.24, 2.45) is 11.8 Å². The molecule has 27 heavy (non-hydrogen) atoms. The van der Waals surface area contributed by atoms with Crippen LogP contribution in [0, 0.1) is 25.7 Å². The molecule has 0 amide bonds.